The van der Waals surface area contributed by atoms with Gasteiger partial charge >= 0.3 is 5.97 Å². The van der Waals surface area contributed by atoms with E-state index in [1.165, 1.54) is 25.3 Å². The number of rotatable bonds is 7. The largest absolute Gasteiger partial charge is 0.465 e. The molecule has 0 saturated carbocycles. The maximum absolute atomic E-state index is 12.9. The number of nitrogens with one attached hydrogen (secondary N) is 1. The lowest BCUT2D eigenvalue weighted by Crippen LogP contribution is -2.29. The molecule has 0 aromatic heterocycles. The van der Waals surface area contributed by atoms with Crippen molar-refractivity contribution in [2.45, 2.75) is 31.2 Å². The molecule has 0 unspecified atom stereocenters. The lowest BCUT2D eigenvalue weighted by Gasteiger charge is -2.21. The molecule has 2 aromatic carbocycles. The van der Waals surface area contributed by atoms with Gasteiger partial charge in [0, 0.05) is 6.04 Å². The van der Waals surface area contributed by atoms with Crippen LogP contribution >= 0.6 is 11.6 Å². The fraction of sp³-hybridized carbons (Fsp3) is 0.316. The van der Waals surface area contributed by atoms with Gasteiger partial charge in [0.25, 0.3) is 0 Å². The van der Waals surface area contributed by atoms with Crippen molar-refractivity contribution in [1.82, 2.24) is 4.72 Å². The second-order valence-electron chi connectivity index (χ2n) is 6.35. The molecule has 1 N–H and O–H groups in total. The zero-order chi connectivity index (χ0) is 19.3. The van der Waals surface area contributed by atoms with Gasteiger partial charge in [-0.15, -0.1) is 0 Å². The molecule has 140 valence electrons. The minimum atomic E-state index is -3.85. The van der Waals surface area contributed by atoms with E-state index < -0.39 is 16.0 Å². The van der Waals surface area contributed by atoms with Crippen molar-refractivity contribution in [2.75, 3.05) is 7.11 Å². The predicted molar refractivity (Wildman–Crippen MR) is 102 cm³/mol. The molecule has 2 aromatic rings. The Hall–Kier alpha value is -1.89. The number of carbonyl (C=O) groups is 1. The second-order valence-corrected chi connectivity index (χ2v) is 8.47. The normalized spacial score (nSPS) is 12.8. The first-order valence-corrected chi connectivity index (χ1v) is 10.1. The lowest BCUT2D eigenvalue weighted by atomic mass is 9.98. The van der Waals surface area contributed by atoms with Gasteiger partial charge in [-0.25, -0.2) is 17.9 Å². The minimum Gasteiger partial charge on any atom is -0.465 e. The van der Waals surface area contributed by atoms with Gasteiger partial charge in [0.1, 0.15) is 0 Å². The van der Waals surface area contributed by atoms with E-state index in [9.17, 15) is 13.2 Å². The van der Waals surface area contributed by atoms with Crippen LogP contribution in [0.2, 0.25) is 5.02 Å². The van der Waals surface area contributed by atoms with E-state index in [1.54, 1.807) is 0 Å². The van der Waals surface area contributed by atoms with E-state index in [4.69, 9.17) is 11.6 Å². The average Bonchev–Trinajstić information content (AvgIpc) is 2.61. The molecule has 0 spiro atoms. The highest BCUT2D eigenvalue weighted by molar-refractivity contribution is 7.89. The molecule has 0 saturated heterocycles. The molecule has 0 fully saturated rings. The highest BCUT2D eigenvalue weighted by Crippen LogP contribution is 2.26. The number of ether oxygens (including phenoxy) is 1. The van der Waals surface area contributed by atoms with E-state index in [2.05, 4.69) is 9.46 Å². The molecule has 7 heteroatoms. The Kier molecular flexibility index (Phi) is 6.81. The molecule has 26 heavy (non-hydrogen) atoms. The van der Waals surface area contributed by atoms with Gasteiger partial charge < -0.3 is 4.74 Å². The summed E-state index contributed by atoms with van der Waals surface area (Å²) in [5.41, 5.74) is 0.893. The standard InChI is InChI=1S/C19H22ClNO4S/c1-13(2)11-18(14-7-5-4-6-8-14)21-26(23,24)15-9-10-17(20)16(12-15)19(22)25-3/h4-10,12-13,18,21H,11H2,1-3H3/t18-/m1/s1. The number of hydrogen-bond donors (Lipinski definition) is 1. The molecule has 1 atom stereocenters. The third kappa shape index (κ3) is 5.06. The first-order chi connectivity index (χ1) is 12.2. The molecule has 0 radical (unpaired) electrons. The Labute approximate surface area is 159 Å². The summed E-state index contributed by atoms with van der Waals surface area (Å²) < 4.78 is 33.1. The van der Waals surface area contributed by atoms with Gasteiger partial charge in [0.05, 0.1) is 22.6 Å². The van der Waals surface area contributed by atoms with E-state index >= 15 is 0 Å². The second kappa shape index (κ2) is 8.66. The molecule has 0 aliphatic heterocycles. The van der Waals surface area contributed by atoms with Crippen LogP contribution < -0.4 is 4.72 Å². The van der Waals surface area contributed by atoms with Gasteiger partial charge in [-0.3, -0.25) is 0 Å². The fourth-order valence-electron chi connectivity index (χ4n) is 2.60. The van der Waals surface area contributed by atoms with Gasteiger partial charge in [-0.1, -0.05) is 55.8 Å². The minimum absolute atomic E-state index is 0.0113. The maximum Gasteiger partial charge on any atom is 0.339 e. The van der Waals surface area contributed by atoms with Crippen molar-refractivity contribution >= 4 is 27.6 Å². The van der Waals surface area contributed by atoms with Crippen molar-refractivity contribution < 1.29 is 17.9 Å². The third-order valence-corrected chi connectivity index (χ3v) is 5.66. The maximum atomic E-state index is 12.9. The third-order valence-electron chi connectivity index (χ3n) is 3.86. The Morgan fingerprint density at radius 3 is 2.38 bits per heavy atom. The van der Waals surface area contributed by atoms with Crippen LogP contribution in [0.15, 0.2) is 53.4 Å². The quantitative estimate of drug-likeness (QED) is 0.713. The summed E-state index contributed by atoms with van der Waals surface area (Å²) in [5.74, 6) is -0.396. The summed E-state index contributed by atoms with van der Waals surface area (Å²) in [6.07, 6.45) is 0.640. The fourth-order valence-corrected chi connectivity index (χ4v) is 4.06. The number of benzene rings is 2. The summed E-state index contributed by atoms with van der Waals surface area (Å²) in [7, 11) is -2.64. The summed E-state index contributed by atoms with van der Waals surface area (Å²) in [4.78, 5) is 11.7. The van der Waals surface area contributed by atoms with Crippen LogP contribution in [0.4, 0.5) is 0 Å². The number of halogens is 1. The number of methoxy groups -OCH3 is 1. The molecular weight excluding hydrogens is 374 g/mol. The van der Waals surface area contributed by atoms with Crippen LogP contribution in [0, 0.1) is 5.92 Å². The first kappa shape index (κ1) is 20.4. The van der Waals surface area contributed by atoms with Crippen LogP contribution in [-0.4, -0.2) is 21.5 Å². The molecule has 0 heterocycles. The Morgan fingerprint density at radius 1 is 1.15 bits per heavy atom. The zero-order valence-electron chi connectivity index (χ0n) is 14.9. The zero-order valence-corrected chi connectivity index (χ0v) is 16.5. The molecule has 0 aliphatic carbocycles. The van der Waals surface area contributed by atoms with Crippen LogP contribution in [0.3, 0.4) is 0 Å². The van der Waals surface area contributed by atoms with Crippen LogP contribution in [0.5, 0.6) is 0 Å². The summed E-state index contributed by atoms with van der Waals surface area (Å²) in [6, 6.07) is 13.0. The Balaban J connectivity index is 2.38. The smallest absolute Gasteiger partial charge is 0.339 e. The number of sulfonamides is 1. The highest BCUT2D eigenvalue weighted by Gasteiger charge is 2.24. The molecule has 5 nitrogen and oxygen atoms in total. The first-order valence-electron chi connectivity index (χ1n) is 8.19. The van der Waals surface area contributed by atoms with Crippen molar-refractivity contribution in [3.05, 3.63) is 64.7 Å². The van der Waals surface area contributed by atoms with E-state index in [-0.39, 0.29) is 21.5 Å². The summed E-state index contributed by atoms with van der Waals surface area (Å²) >= 11 is 5.97. The van der Waals surface area contributed by atoms with E-state index in [0.29, 0.717) is 12.3 Å². The SMILES string of the molecule is COC(=O)c1cc(S(=O)(=O)N[C@H](CC(C)C)c2ccccc2)ccc1Cl. The van der Waals surface area contributed by atoms with Crippen molar-refractivity contribution in [3.8, 4) is 0 Å². The molecule has 0 amide bonds. The topological polar surface area (TPSA) is 72.5 Å². The molecule has 0 bridgehead atoms. The van der Waals surface area contributed by atoms with E-state index in [0.717, 1.165) is 5.56 Å². The average molecular weight is 396 g/mol. The number of esters is 1. The van der Waals surface area contributed by atoms with Gasteiger partial charge in [-0.05, 0) is 36.1 Å². The van der Waals surface area contributed by atoms with Gasteiger partial charge in [0.2, 0.25) is 10.0 Å². The van der Waals surface area contributed by atoms with Crippen LogP contribution in [-0.2, 0) is 14.8 Å². The van der Waals surface area contributed by atoms with Crippen LogP contribution in [0.1, 0.15) is 42.2 Å². The van der Waals surface area contributed by atoms with E-state index in [1.807, 2.05) is 44.2 Å². The van der Waals surface area contributed by atoms with Crippen molar-refractivity contribution in [3.63, 3.8) is 0 Å². The Morgan fingerprint density at radius 2 is 1.81 bits per heavy atom. The van der Waals surface area contributed by atoms with Crippen molar-refractivity contribution in [1.29, 1.82) is 0 Å². The summed E-state index contributed by atoms with van der Waals surface area (Å²) in [5, 5.41) is 0.137. The van der Waals surface area contributed by atoms with Crippen LogP contribution in [0.25, 0.3) is 0 Å². The lowest BCUT2D eigenvalue weighted by molar-refractivity contribution is 0.0600. The molecule has 2 rings (SSSR count). The van der Waals surface area contributed by atoms with Gasteiger partial charge in [0.15, 0.2) is 0 Å². The van der Waals surface area contributed by atoms with Crippen molar-refractivity contribution in [2.24, 2.45) is 5.92 Å². The number of carbonyl (C=O) groups excluding carboxylic acids is 1. The Bertz CT molecular complexity index is 866. The molecular formula is C19H22ClNO4S. The summed E-state index contributed by atoms with van der Waals surface area (Å²) in [6.45, 7) is 4.06. The monoisotopic (exact) mass is 395 g/mol. The molecule has 0 aliphatic rings. The number of hydrogen-bond acceptors (Lipinski definition) is 4. The van der Waals surface area contributed by atoms with Gasteiger partial charge in [-0.2, -0.15) is 0 Å². The predicted octanol–water partition coefficient (Wildman–Crippen LogP) is 4.19. The highest BCUT2D eigenvalue weighted by atomic mass is 35.5.